The van der Waals surface area contributed by atoms with Crippen molar-refractivity contribution in [2.45, 2.75) is 6.42 Å². The second-order valence-electron chi connectivity index (χ2n) is 3.80. The highest BCUT2D eigenvalue weighted by atomic mass is 79.9. The van der Waals surface area contributed by atoms with Gasteiger partial charge in [0.15, 0.2) is 5.78 Å². The molecule has 1 heterocycles. The fourth-order valence-electron chi connectivity index (χ4n) is 1.56. The molecule has 0 spiro atoms. The molecule has 6 heteroatoms. The zero-order chi connectivity index (χ0) is 14.0. The van der Waals surface area contributed by atoms with Crippen LogP contribution < -0.4 is 0 Å². The second-order valence-corrected chi connectivity index (χ2v) is 5.94. The first kappa shape index (κ1) is 14.6. The third kappa shape index (κ3) is 3.41. The van der Waals surface area contributed by atoms with Gasteiger partial charge in [-0.3, -0.25) is 9.78 Å². The lowest BCUT2D eigenvalue weighted by atomic mass is 10.1. The molecule has 1 aromatic heterocycles. The van der Waals surface area contributed by atoms with E-state index in [2.05, 4.69) is 36.8 Å². The van der Waals surface area contributed by atoms with Gasteiger partial charge in [0.1, 0.15) is 11.5 Å². The van der Waals surface area contributed by atoms with E-state index >= 15 is 0 Å². The summed E-state index contributed by atoms with van der Waals surface area (Å²) in [5.41, 5.74) is 0.742. The van der Waals surface area contributed by atoms with Gasteiger partial charge in [-0.2, -0.15) is 0 Å². The molecule has 1 aromatic carbocycles. The average Bonchev–Trinajstić information content (AvgIpc) is 2.34. The highest BCUT2D eigenvalue weighted by Crippen LogP contribution is 2.24. The fraction of sp³-hybridized carbons (Fsp3) is 0.0769. The van der Waals surface area contributed by atoms with Crippen LogP contribution in [0.4, 0.5) is 4.39 Å². The lowest BCUT2D eigenvalue weighted by Crippen LogP contribution is -2.07. The number of ketones is 1. The van der Waals surface area contributed by atoms with E-state index in [9.17, 15) is 9.18 Å². The van der Waals surface area contributed by atoms with Crippen LogP contribution in [-0.2, 0) is 6.42 Å². The van der Waals surface area contributed by atoms with Crippen LogP contribution in [-0.4, -0.2) is 10.8 Å². The number of carbonyl (C=O) groups is 1. The van der Waals surface area contributed by atoms with E-state index in [1.54, 1.807) is 12.1 Å². The zero-order valence-electron chi connectivity index (χ0n) is 9.46. The van der Waals surface area contributed by atoms with Crippen LogP contribution in [0.25, 0.3) is 0 Å². The molecule has 0 atom stereocenters. The van der Waals surface area contributed by atoms with Crippen LogP contribution in [0.2, 0.25) is 5.02 Å². The van der Waals surface area contributed by atoms with E-state index in [1.165, 1.54) is 18.3 Å². The minimum absolute atomic E-state index is 0.00380. The number of aromatic nitrogens is 1. The van der Waals surface area contributed by atoms with E-state index in [0.717, 1.165) is 4.47 Å². The average molecular weight is 407 g/mol. The van der Waals surface area contributed by atoms with Crippen LogP contribution >= 0.6 is 43.5 Å². The quantitative estimate of drug-likeness (QED) is 0.683. The van der Waals surface area contributed by atoms with Crippen molar-refractivity contribution < 1.29 is 9.18 Å². The van der Waals surface area contributed by atoms with E-state index in [-0.39, 0.29) is 17.2 Å². The molecular formula is C13H7Br2ClFNO. The highest BCUT2D eigenvalue weighted by molar-refractivity contribution is 9.11. The fourth-order valence-corrected chi connectivity index (χ4v) is 2.96. The number of nitrogens with zero attached hydrogens (tertiary/aromatic N) is 1. The Hall–Kier alpha value is -0.780. The lowest BCUT2D eigenvalue weighted by molar-refractivity contribution is 0.0987. The van der Waals surface area contributed by atoms with Gasteiger partial charge in [-0.25, -0.2) is 4.39 Å². The molecule has 2 nitrogen and oxygen atoms in total. The summed E-state index contributed by atoms with van der Waals surface area (Å²) in [5.74, 6) is -0.762. The number of hydrogen-bond acceptors (Lipinski definition) is 2. The van der Waals surface area contributed by atoms with Gasteiger partial charge in [0.05, 0.1) is 5.02 Å². The maximum atomic E-state index is 13.3. The van der Waals surface area contributed by atoms with Gasteiger partial charge in [-0.15, -0.1) is 0 Å². The largest absolute Gasteiger partial charge is 0.292 e. The first-order chi connectivity index (χ1) is 8.99. The molecule has 98 valence electrons. The van der Waals surface area contributed by atoms with Crippen molar-refractivity contribution in [3.63, 3.8) is 0 Å². The molecule has 2 aromatic rings. The molecule has 0 fully saturated rings. The van der Waals surface area contributed by atoms with Gasteiger partial charge < -0.3 is 0 Å². The molecular weight excluding hydrogens is 400 g/mol. The Morgan fingerprint density at radius 2 is 2.11 bits per heavy atom. The van der Waals surface area contributed by atoms with E-state index in [1.807, 2.05) is 0 Å². The third-order valence-electron chi connectivity index (χ3n) is 2.45. The van der Waals surface area contributed by atoms with Gasteiger partial charge in [0.25, 0.3) is 0 Å². The summed E-state index contributed by atoms with van der Waals surface area (Å²) in [6, 6.07) is 6.13. The summed E-state index contributed by atoms with van der Waals surface area (Å²) in [7, 11) is 0. The topological polar surface area (TPSA) is 30.0 Å². The Morgan fingerprint density at radius 1 is 1.37 bits per heavy atom. The molecule has 0 aliphatic heterocycles. The Labute approximate surface area is 131 Å². The van der Waals surface area contributed by atoms with Crippen molar-refractivity contribution in [1.29, 1.82) is 0 Å². The van der Waals surface area contributed by atoms with E-state index in [4.69, 9.17) is 11.6 Å². The number of benzene rings is 1. The first-order valence-electron chi connectivity index (χ1n) is 5.26. The summed E-state index contributed by atoms with van der Waals surface area (Å²) >= 11 is 12.4. The molecule has 0 radical (unpaired) electrons. The van der Waals surface area contributed by atoms with Crippen LogP contribution in [0, 0.1) is 5.82 Å². The van der Waals surface area contributed by atoms with Crippen LogP contribution in [0.5, 0.6) is 0 Å². The Morgan fingerprint density at radius 3 is 2.79 bits per heavy atom. The summed E-state index contributed by atoms with van der Waals surface area (Å²) in [6.07, 6.45) is 1.54. The summed E-state index contributed by atoms with van der Waals surface area (Å²) in [4.78, 5) is 16.2. The van der Waals surface area contributed by atoms with E-state index in [0.29, 0.717) is 15.7 Å². The van der Waals surface area contributed by atoms with Crippen LogP contribution in [0.15, 0.2) is 39.4 Å². The molecule has 0 N–H and O–H groups in total. The van der Waals surface area contributed by atoms with Crippen molar-refractivity contribution in [3.8, 4) is 0 Å². The standard InChI is InChI=1S/C13H7Br2ClFNO/c14-8-5-9(15)13(18-6-8)11(19)4-7-2-1-3-10(17)12(7)16/h1-3,5-6H,4H2. The number of hydrogen-bond donors (Lipinski definition) is 0. The Bertz CT molecular complexity index is 649. The number of pyridine rings is 1. The summed E-state index contributed by atoms with van der Waals surface area (Å²) < 4.78 is 14.6. The minimum Gasteiger partial charge on any atom is -0.292 e. The molecule has 0 saturated heterocycles. The molecule has 19 heavy (non-hydrogen) atoms. The minimum atomic E-state index is -0.533. The predicted molar refractivity (Wildman–Crippen MR) is 79.1 cm³/mol. The van der Waals surface area contributed by atoms with Gasteiger partial charge in [-0.1, -0.05) is 23.7 Å². The molecule has 0 aliphatic rings. The molecule has 0 amide bonds. The SMILES string of the molecule is O=C(Cc1cccc(F)c1Cl)c1ncc(Br)cc1Br. The molecule has 2 rings (SSSR count). The summed E-state index contributed by atoms with van der Waals surface area (Å²) in [5, 5.41) is -0.0240. The maximum absolute atomic E-state index is 13.3. The zero-order valence-corrected chi connectivity index (χ0v) is 13.4. The third-order valence-corrected chi connectivity index (χ3v) is 3.92. The van der Waals surface area contributed by atoms with Crippen LogP contribution in [0.1, 0.15) is 16.1 Å². The van der Waals surface area contributed by atoms with Crippen molar-refractivity contribution in [2.75, 3.05) is 0 Å². The lowest BCUT2D eigenvalue weighted by Gasteiger charge is -2.06. The van der Waals surface area contributed by atoms with Gasteiger partial charge in [0, 0.05) is 21.6 Å². The van der Waals surface area contributed by atoms with E-state index < -0.39 is 5.82 Å². The van der Waals surface area contributed by atoms with Crippen molar-refractivity contribution in [2.24, 2.45) is 0 Å². The molecule has 0 aliphatic carbocycles. The number of halogens is 4. The number of carbonyl (C=O) groups excluding carboxylic acids is 1. The van der Waals surface area contributed by atoms with Gasteiger partial charge >= 0.3 is 0 Å². The first-order valence-corrected chi connectivity index (χ1v) is 7.22. The van der Waals surface area contributed by atoms with Gasteiger partial charge in [0.2, 0.25) is 0 Å². The Balaban J connectivity index is 2.28. The highest BCUT2D eigenvalue weighted by Gasteiger charge is 2.15. The van der Waals surface area contributed by atoms with Gasteiger partial charge in [-0.05, 0) is 49.6 Å². The van der Waals surface area contributed by atoms with Crippen molar-refractivity contribution in [3.05, 3.63) is 61.5 Å². The molecule has 0 bridgehead atoms. The van der Waals surface area contributed by atoms with Crippen LogP contribution in [0.3, 0.4) is 0 Å². The molecule has 0 unspecified atom stereocenters. The molecule has 0 saturated carbocycles. The number of rotatable bonds is 3. The maximum Gasteiger partial charge on any atom is 0.186 e. The smallest absolute Gasteiger partial charge is 0.186 e. The predicted octanol–water partition coefficient (Wildman–Crippen LogP) is 4.82. The Kier molecular flexibility index (Phi) is 4.71. The normalized spacial score (nSPS) is 10.5. The van der Waals surface area contributed by atoms with Crippen molar-refractivity contribution in [1.82, 2.24) is 4.98 Å². The number of Topliss-reactive ketones (excluding diaryl/α,β-unsaturated/α-hetero) is 1. The van der Waals surface area contributed by atoms with Crippen molar-refractivity contribution >= 4 is 49.2 Å². The second kappa shape index (κ2) is 6.11. The summed E-state index contributed by atoms with van der Waals surface area (Å²) in [6.45, 7) is 0. The monoisotopic (exact) mass is 405 g/mol.